The van der Waals surface area contributed by atoms with Gasteiger partial charge >= 0.3 is 0 Å². The first kappa shape index (κ1) is 17.9. The van der Waals surface area contributed by atoms with E-state index in [4.69, 9.17) is 0 Å². The number of nitrogens with one attached hydrogen (secondary N) is 1. The molecular formula is C19H17FN4OS2. The number of carbonyl (C=O) groups excluding carboxylic acids is 1. The minimum Gasteiger partial charge on any atom is -0.355 e. The molecule has 0 aliphatic heterocycles. The van der Waals surface area contributed by atoms with Crippen LogP contribution < -0.4 is 5.32 Å². The Morgan fingerprint density at radius 3 is 2.93 bits per heavy atom. The van der Waals surface area contributed by atoms with Crippen molar-refractivity contribution < 1.29 is 9.18 Å². The van der Waals surface area contributed by atoms with E-state index in [9.17, 15) is 9.18 Å². The van der Waals surface area contributed by atoms with Crippen molar-refractivity contribution in [3.8, 4) is 0 Å². The fourth-order valence-electron chi connectivity index (χ4n) is 2.85. The third-order valence-corrected chi connectivity index (χ3v) is 6.39. The van der Waals surface area contributed by atoms with Crippen LogP contribution >= 0.6 is 23.1 Å². The number of benzene rings is 2. The highest BCUT2D eigenvalue weighted by Crippen LogP contribution is 2.29. The Morgan fingerprint density at radius 1 is 1.22 bits per heavy atom. The van der Waals surface area contributed by atoms with Crippen molar-refractivity contribution in [1.29, 1.82) is 0 Å². The molecule has 2 aromatic heterocycles. The Labute approximate surface area is 163 Å². The summed E-state index contributed by atoms with van der Waals surface area (Å²) in [5, 5.41) is 2.91. The summed E-state index contributed by atoms with van der Waals surface area (Å²) >= 11 is 3.04. The van der Waals surface area contributed by atoms with Gasteiger partial charge in [-0.1, -0.05) is 23.9 Å². The molecule has 2 aromatic carbocycles. The van der Waals surface area contributed by atoms with Crippen LogP contribution in [-0.2, 0) is 18.3 Å². The van der Waals surface area contributed by atoms with E-state index >= 15 is 0 Å². The summed E-state index contributed by atoms with van der Waals surface area (Å²) in [6.07, 6.45) is 0.588. The molecule has 0 saturated carbocycles. The molecular weight excluding hydrogens is 383 g/mol. The Bertz CT molecular complexity index is 1090. The number of hydrogen-bond donors (Lipinski definition) is 1. The number of amides is 1. The molecule has 0 radical (unpaired) electrons. The molecule has 1 N–H and O–H groups in total. The number of carbonyl (C=O) groups is 1. The highest BCUT2D eigenvalue weighted by Gasteiger charge is 2.10. The zero-order chi connectivity index (χ0) is 18.8. The molecule has 1 amide bonds. The zero-order valence-corrected chi connectivity index (χ0v) is 16.2. The van der Waals surface area contributed by atoms with E-state index in [1.54, 1.807) is 17.4 Å². The van der Waals surface area contributed by atoms with Crippen molar-refractivity contribution >= 4 is 50.3 Å². The third-order valence-electron chi connectivity index (χ3n) is 4.21. The fourth-order valence-corrected chi connectivity index (χ4v) is 4.75. The van der Waals surface area contributed by atoms with Crippen molar-refractivity contribution in [2.24, 2.45) is 7.05 Å². The number of nitrogens with zero attached hydrogens (tertiary/aromatic N) is 3. The van der Waals surface area contributed by atoms with Gasteiger partial charge in [0.2, 0.25) is 5.91 Å². The molecule has 5 nitrogen and oxygen atoms in total. The molecule has 4 aromatic rings. The van der Waals surface area contributed by atoms with Gasteiger partial charge in [-0.3, -0.25) is 4.79 Å². The van der Waals surface area contributed by atoms with Crippen LogP contribution in [0.2, 0.25) is 0 Å². The second-order valence-corrected chi connectivity index (χ2v) is 8.31. The van der Waals surface area contributed by atoms with Gasteiger partial charge in [-0.05, 0) is 24.3 Å². The van der Waals surface area contributed by atoms with Crippen LogP contribution in [0, 0.1) is 5.82 Å². The summed E-state index contributed by atoms with van der Waals surface area (Å²) in [5.41, 5.74) is 2.47. The Balaban J connectivity index is 1.30. The number of fused-ring (bicyclic) bond motifs is 2. The molecule has 8 heteroatoms. The number of hydrogen-bond acceptors (Lipinski definition) is 5. The Hall–Kier alpha value is -2.45. The zero-order valence-electron chi connectivity index (χ0n) is 14.6. The smallest absolute Gasteiger partial charge is 0.230 e. The van der Waals surface area contributed by atoms with Crippen molar-refractivity contribution in [2.45, 2.75) is 10.8 Å². The first-order valence-electron chi connectivity index (χ1n) is 8.46. The predicted molar refractivity (Wildman–Crippen MR) is 108 cm³/mol. The maximum Gasteiger partial charge on any atom is 0.230 e. The van der Waals surface area contributed by atoms with Crippen LogP contribution in [0.1, 0.15) is 5.82 Å². The summed E-state index contributed by atoms with van der Waals surface area (Å²) < 4.78 is 17.3. The minimum atomic E-state index is -0.299. The number of aryl methyl sites for hydroxylation is 1. The van der Waals surface area contributed by atoms with Gasteiger partial charge in [0.05, 0.1) is 27.0 Å². The Kier molecular flexibility index (Phi) is 5.09. The number of halogens is 1. The number of thioether (sulfide) groups is 1. The van der Waals surface area contributed by atoms with E-state index < -0.39 is 0 Å². The van der Waals surface area contributed by atoms with E-state index in [1.807, 2.05) is 35.9 Å². The number of aromatic nitrogens is 3. The van der Waals surface area contributed by atoms with Gasteiger partial charge in [-0.15, -0.1) is 11.3 Å². The van der Waals surface area contributed by atoms with Crippen LogP contribution in [-0.4, -0.2) is 32.7 Å². The highest BCUT2D eigenvalue weighted by atomic mass is 32.2. The average molecular weight is 401 g/mol. The van der Waals surface area contributed by atoms with Crippen molar-refractivity contribution in [1.82, 2.24) is 19.9 Å². The summed E-state index contributed by atoms with van der Waals surface area (Å²) in [6.45, 7) is 0.485. The number of rotatable bonds is 6. The maximum absolute atomic E-state index is 13.3. The average Bonchev–Trinajstić information content (AvgIpc) is 3.21. The molecule has 27 heavy (non-hydrogen) atoms. The second kappa shape index (κ2) is 7.66. The van der Waals surface area contributed by atoms with E-state index in [-0.39, 0.29) is 11.7 Å². The summed E-state index contributed by atoms with van der Waals surface area (Å²) in [6, 6.07) is 12.5. The van der Waals surface area contributed by atoms with E-state index in [0.29, 0.717) is 24.2 Å². The first-order chi connectivity index (χ1) is 13.1. The lowest BCUT2D eigenvalue weighted by atomic mass is 10.3. The van der Waals surface area contributed by atoms with Crippen molar-refractivity contribution in [3.63, 3.8) is 0 Å². The molecule has 138 valence electrons. The normalized spacial score (nSPS) is 11.3. The molecule has 0 atom stereocenters. The monoisotopic (exact) mass is 400 g/mol. The molecule has 0 fully saturated rings. The lowest BCUT2D eigenvalue weighted by Gasteiger charge is -2.05. The summed E-state index contributed by atoms with van der Waals surface area (Å²) in [4.78, 5) is 21.1. The molecule has 0 aliphatic carbocycles. The van der Waals surface area contributed by atoms with Crippen LogP contribution in [0.5, 0.6) is 0 Å². The second-order valence-electron chi connectivity index (χ2n) is 6.06. The molecule has 0 spiro atoms. The molecule has 0 bridgehead atoms. The summed E-state index contributed by atoms with van der Waals surface area (Å²) in [7, 11) is 1.90. The van der Waals surface area contributed by atoms with E-state index in [0.717, 1.165) is 25.9 Å². The largest absolute Gasteiger partial charge is 0.355 e. The van der Waals surface area contributed by atoms with Crippen molar-refractivity contribution in [3.05, 3.63) is 54.1 Å². The van der Waals surface area contributed by atoms with E-state index in [2.05, 4.69) is 15.3 Å². The van der Waals surface area contributed by atoms with Crippen LogP contribution in [0.25, 0.3) is 21.3 Å². The molecule has 0 unspecified atom stereocenters. The lowest BCUT2D eigenvalue weighted by Crippen LogP contribution is -2.27. The molecule has 4 rings (SSSR count). The van der Waals surface area contributed by atoms with Crippen LogP contribution in [0.3, 0.4) is 0 Å². The van der Waals surface area contributed by atoms with Gasteiger partial charge in [0, 0.05) is 26.1 Å². The minimum absolute atomic E-state index is 0.0379. The van der Waals surface area contributed by atoms with Gasteiger partial charge < -0.3 is 9.88 Å². The van der Waals surface area contributed by atoms with Crippen LogP contribution in [0.4, 0.5) is 4.39 Å². The third kappa shape index (κ3) is 3.96. The lowest BCUT2D eigenvalue weighted by molar-refractivity contribution is -0.118. The fraction of sp³-hybridized carbons (Fsp3) is 0.211. The van der Waals surface area contributed by atoms with E-state index in [1.165, 1.54) is 23.9 Å². The van der Waals surface area contributed by atoms with Crippen molar-refractivity contribution in [2.75, 3.05) is 12.3 Å². The van der Waals surface area contributed by atoms with Crippen LogP contribution in [0.15, 0.2) is 46.8 Å². The standard InChI is InChI=1S/C19H17FN4OS2/c1-24-15-7-6-12(20)10-14(15)22-17(24)8-9-21-18(25)11-26-19-23-13-4-2-3-5-16(13)27-19/h2-7,10H,8-9,11H2,1H3,(H,21,25). The number of thiazole rings is 1. The SMILES string of the molecule is Cn1c(CCNC(=O)CSc2nc3ccccc3s2)nc2cc(F)ccc21. The predicted octanol–water partition coefficient (Wildman–Crippen LogP) is 3.77. The molecule has 0 aliphatic rings. The summed E-state index contributed by atoms with van der Waals surface area (Å²) in [5.74, 6) is 0.805. The number of para-hydroxylation sites is 1. The highest BCUT2D eigenvalue weighted by molar-refractivity contribution is 8.01. The van der Waals surface area contributed by atoms with Gasteiger partial charge in [-0.2, -0.15) is 0 Å². The van der Waals surface area contributed by atoms with Gasteiger partial charge in [0.1, 0.15) is 11.6 Å². The molecule has 2 heterocycles. The van der Waals surface area contributed by atoms with Gasteiger partial charge in [-0.25, -0.2) is 14.4 Å². The maximum atomic E-state index is 13.3. The number of imidazole rings is 1. The molecule has 0 saturated heterocycles. The Morgan fingerprint density at radius 2 is 2.07 bits per heavy atom. The topological polar surface area (TPSA) is 59.8 Å². The van der Waals surface area contributed by atoms with Gasteiger partial charge in [0.15, 0.2) is 4.34 Å². The van der Waals surface area contributed by atoms with Gasteiger partial charge in [0.25, 0.3) is 0 Å². The quantitative estimate of drug-likeness (QED) is 0.501. The first-order valence-corrected chi connectivity index (χ1v) is 10.3.